The molecule has 2 aromatic heterocycles. The third-order valence-corrected chi connectivity index (χ3v) is 7.64. The van der Waals surface area contributed by atoms with Crippen LogP contribution in [0, 0.1) is 13.8 Å². The highest BCUT2D eigenvalue weighted by molar-refractivity contribution is 5.89. The molecule has 1 aliphatic rings. The third-order valence-electron chi connectivity index (χ3n) is 7.64. The maximum atomic E-state index is 13.5. The number of fused-ring (bicyclic) bond motifs is 1. The van der Waals surface area contributed by atoms with Gasteiger partial charge in [0.15, 0.2) is 0 Å². The molecule has 0 unspecified atom stereocenters. The topological polar surface area (TPSA) is 72.2 Å². The van der Waals surface area contributed by atoms with Gasteiger partial charge in [-0.05, 0) is 50.8 Å². The number of nitrogens with one attached hydrogen (secondary N) is 1. The first kappa shape index (κ1) is 25.0. The lowest BCUT2D eigenvalue weighted by atomic mass is 10.0. The summed E-state index contributed by atoms with van der Waals surface area (Å²) in [4.78, 5) is 29.4. The van der Waals surface area contributed by atoms with Crippen molar-refractivity contribution in [3.8, 4) is 5.69 Å². The number of likely N-dealkylation sites (tertiary alicyclic amines) is 1. The van der Waals surface area contributed by atoms with Crippen LogP contribution in [0.5, 0.6) is 0 Å². The molecule has 7 heteroatoms. The standard InChI is InChI=1S/C30H35N5O2/c1-4-27(29(36)32-24-15-17-33(18-16-24)20-23-11-7-5-8-12-23)34-21(2)26-19-31-35(25-13-9-6-10-14-25)30(37)28(26)22(34)3/h5-14,19,24,27H,4,15-18,20H2,1-3H3,(H,32,36)/t27-/m0/s1. The van der Waals surface area contributed by atoms with Crippen molar-refractivity contribution < 1.29 is 4.79 Å². The summed E-state index contributed by atoms with van der Waals surface area (Å²) in [6.45, 7) is 8.81. The first-order valence-corrected chi connectivity index (χ1v) is 13.2. The Kier molecular flexibility index (Phi) is 7.24. The van der Waals surface area contributed by atoms with Crippen molar-refractivity contribution in [2.24, 2.45) is 0 Å². The highest BCUT2D eigenvalue weighted by Crippen LogP contribution is 2.28. The molecule has 1 atom stereocenters. The summed E-state index contributed by atoms with van der Waals surface area (Å²) in [5.41, 5.74) is 3.59. The predicted octanol–water partition coefficient (Wildman–Crippen LogP) is 4.54. The Morgan fingerprint density at radius 3 is 2.30 bits per heavy atom. The number of hydrogen-bond acceptors (Lipinski definition) is 4. The Bertz CT molecular complexity index is 1430. The van der Waals surface area contributed by atoms with Crippen LogP contribution in [0.4, 0.5) is 0 Å². The van der Waals surface area contributed by atoms with Crippen molar-refractivity contribution in [1.82, 2.24) is 24.6 Å². The molecule has 0 bridgehead atoms. The number of aromatic nitrogens is 3. The molecule has 1 fully saturated rings. The lowest BCUT2D eigenvalue weighted by Gasteiger charge is -2.33. The number of piperidine rings is 1. The van der Waals surface area contributed by atoms with Gasteiger partial charge in [0.25, 0.3) is 5.56 Å². The second kappa shape index (κ2) is 10.7. The maximum Gasteiger partial charge on any atom is 0.281 e. The van der Waals surface area contributed by atoms with Crippen LogP contribution in [0.25, 0.3) is 16.5 Å². The monoisotopic (exact) mass is 497 g/mol. The number of carbonyl (C=O) groups excluding carboxylic acids is 1. The molecule has 1 amide bonds. The van der Waals surface area contributed by atoms with Gasteiger partial charge >= 0.3 is 0 Å². The summed E-state index contributed by atoms with van der Waals surface area (Å²) in [5, 5.41) is 9.18. The summed E-state index contributed by atoms with van der Waals surface area (Å²) in [7, 11) is 0. The van der Waals surface area contributed by atoms with Crippen LogP contribution >= 0.6 is 0 Å². The van der Waals surface area contributed by atoms with E-state index in [1.807, 2.05) is 61.7 Å². The minimum absolute atomic E-state index is 0.0202. The van der Waals surface area contributed by atoms with E-state index in [1.54, 1.807) is 6.20 Å². The zero-order chi connectivity index (χ0) is 25.9. The number of para-hydroxylation sites is 1. The van der Waals surface area contributed by atoms with E-state index in [0.717, 1.165) is 54.9 Å². The predicted molar refractivity (Wildman–Crippen MR) is 147 cm³/mol. The van der Waals surface area contributed by atoms with Gasteiger partial charge in [-0.25, -0.2) is 0 Å². The Labute approximate surface area is 217 Å². The molecule has 0 radical (unpaired) electrons. The van der Waals surface area contributed by atoms with Crippen LogP contribution in [0.3, 0.4) is 0 Å². The van der Waals surface area contributed by atoms with E-state index in [4.69, 9.17) is 0 Å². The molecule has 37 heavy (non-hydrogen) atoms. The van der Waals surface area contributed by atoms with Gasteiger partial charge in [0.2, 0.25) is 5.91 Å². The lowest BCUT2D eigenvalue weighted by molar-refractivity contribution is -0.125. The fourth-order valence-electron chi connectivity index (χ4n) is 5.66. The Hall–Kier alpha value is -3.71. The normalized spacial score (nSPS) is 15.6. The van der Waals surface area contributed by atoms with Crippen LogP contribution in [-0.4, -0.2) is 44.3 Å². The van der Waals surface area contributed by atoms with Gasteiger partial charge in [-0.3, -0.25) is 14.5 Å². The third kappa shape index (κ3) is 4.96. The molecular formula is C30H35N5O2. The molecule has 2 aromatic carbocycles. The summed E-state index contributed by atoms with van der Waals surface area (Å²) >= 11 is 0. The number of benzene rings is 2. The van der Waals surface area contributed by atoms with Crippen molar-refractivity contribution in [3.63, 3.8) is 0 Å². The minimum Gasteiger partial charge on any atom is -0.351 e. The largest absolute Gasteiger partial charge is 0.351 e. The fourth-order valence-corrected chi connectivity index (χ4v) is 5.66. The number of carbonyl (C=O) groups is 1. The zero-order valence-corrected chi connectivity index (χ0v) is 21.9. The molecular weight excluding hydrogens is 462 g/mol. The number of aryl methyl sites for hydroxylation is 2. The van der Waals surface area contributed by atoms with Crippen molar-refractivity contribution in [2.45, 2.75) is 58.7 Å². The summed E-state index contributed by atoms with van der Waals surface area (Å²) in [5.74, 6) is 0.0202. The highest BCUT2D eigenvalue weighted by atomic mass is 16.2. The van der Waals surface area contributed by atoms with Gasteiger partial charge in [-0.15, -0.1) is 0 Å². The van der Waals surface area contributed by atoms with Gasteiger partial charge in [0, 0.05) is 42.5 Å². The van der Waals surface area contributed by atoms with E-state index in [1.165, 1.54) is 10.2 Å². The van der Waals surface area contributed by atoms with Gasteiger partial charge in [-0.2, -0.15) is 9.78 Å². The van der Waals surface area contributed by atoms with Crippen LogP contribution in [0.2, 0.25) is 0 Å². The van der Waals surface area contributed by atoms with E-state index in [9.17, 15) is 9.59 Å². The van der Waals surface area contributed by atoms with Crippen LogP contribution in [0.15, 0.2) is 71.7 Å². The van der Waals surface area contributed by atoms with Crippen molar-refractivity contribution >= 4 is 16.7 Å². The number of rotatable bonds is 7. The van der Waals surface area contributed by atoms with Crippen molar-refractivity contribution in [2.75, 3.05) is 13.1 Å². The SMILES string of the molecule is CC[C@@H](C(=O)NC1CCN(Cc2ccccc2)CC1)n1c(C)c2cnn(-c3ccccc3)c(=O)c2c1C. The van der Waals surface area contributed by atoms with Gasteiger partial charge < -0.3 is 9.88 Å². The second-order valence-electron chi connectivity index (χ2n) is 10.00. The molecule has 192 valence electrons. The number of amides is 1. The van der Waals surface area contributed by atoms with E-state index < -0.39 is 0 Å². The quantitative estimate of drug-likeness (QED) is 0.407. The van der Waals surface area contributed by atoms with Crippen molar-refractivity contribution in [1.29, 1.82) is 0 Å². The first-order chi connectivity index (χ1) is 18.0. The molecule has 7 nitrogen and oxygen atoms in total. The molecule has 0 aliphatic carbocycles. The molecule has 1 saturated heterocycles. The highest BCUT2D eigenvalue weighted by Gasteiger charge is 2.28. The molecule has 0 saturated carbocycles. The summed E-state index contributed by atoms with van der Waals surface area (Å²) < 4.78 is 3.46. The molecule has 3 heterocycles. The Balaban J connectivity index is 1.33. The summed E-state index contributed by atoms with van der Waals surface area (Å²) in [6, 6.07) is 19.7. The lowest BCUT2D eigenvalue weighted by Crippen LogP contribution is -2.46. The summed E-state index contributed by atoms with van der Waals surface area (Å²) in [6.07, 6.45) is 4.26. The molecule has 1 N–H and O–H groups in total. The average Bonchev–Trinajstić information content (AvgIpc) is 3.17. The Morgan fingerprint density at radius 1 is 1.00 bits per heavy atom. The molecule has 4 aromatic rings. The fraction of sp³-hybridized carbons (Fsp3) is 0.367. The van der Waals surface area contributed by atoms with Crippen LogP contribution < -0.4 is 10.9 Å². The second-order valence-corrected chi connectivity index (χ2v) is 10.00. The van der Waals surface area contributed by atoms with Crippen LogP contribution in [-0.2, 0) is 11.3 Å². The molecule has 5 rings (SSSR count). The van der Waals surface area contributed by atoms with E-state index in [2.05, 4.69) is 39.6 Å². The average molecular weight is 498 g/mol. The van der Waals surface area contributed by atoms with E-state index in [0.29, 0.717) is 11.8 Å². The van der Waals surface area contributed by atoms with Gasteiger partial charge in [0.1, 0.15) is 6.04 Å². The minimum atomic E-state index is -0.376. The number of nitrogens with zero attached hydrogens (tertiary/aromatic N) is 4. The first-order valence-electron chi connectivity index (χ1n) is 13.2. The van der Waals surface area contributed by atoms with Crippen LogP contribution in [0.1, 0.15) is 49.2 Å². The van der Waals surface area contributed by atoms with Gasteiger partial charge in [-0.1, -0.05) is 55.5 Å². The smallest absolute Gasteiger partial charge is 0.281 e. The van der Waals surface area contributed by atoms with E-state index in [-0.39, 0.29) is 23.6 Å². The maximum absolute atomic E-state index is 13.5. The Morgan fingerprint density at radius 2 is 1.65 bits per heavy atom. The molecule has 0 spiro atoms. The van der Waals surface area contributed by atoms with Gasteiger partial charge in [0.05, 0.1) is 17.3 Å². The zero-order valence-electron chi connectivity index (χ0n) is 21.9. The number of hydrogen-bond donors (Lipinski definition) is 1. The molecule has 1 aliphatic heterocycles. The van der Waals surface area contributed by atoms with E-state index >= 15 is 0 Å². The van der Waals surface area contributed by atoms with Crippen molar-refractivity contribution in [3.05, 3.63) is 94.2 Å².